The van der Waals surface area contributed by atoms with Crippen molar-refractivity contribution in [1.82, 2.24) is 0 Å². The van der Waals surface area contributed by atoms with Crippen LogP contribution in [0.1, 0.15) is 19.3 Å². The molecule has 4 heteroatoms. The number of rotatable bonds is 2. The number of halogens is 2. The smallest absolute Gasteiger partial charge is 0.160 e. The van der Waals surface area contributed by atoms with Crippen molar-refractivity contribution < 1.29 is 13.9 Å². The quantitative estimate of drug-likeness (QED) is 0.790. The lowest BCUT2D eigenvalue weighted by atomic mass is 10.2. The van der Waals surface area contributed by atoms with Crippen LogP contribution in [0, 0.1) is 11.6 Å². The third-order valence-electron chi connectivity index (χ3n) is 2.75. The first-order valence-corrected chi connectivity index (χ1v) is 5.06. The van der Waals surface area contributed by atoms with Crippen LogP contribution in [0.2, 0.25) is 0 Å². The molecule has 0 bridgehead atoms. The zero-order valence-electron chi connectivity index (χ0n) is 8.21. The number of aliphatic hydroxyl groups excluding tert-OH is 1. The van der Waals surface area contributed by atoms with Crippen molar-refractivity contribution in [1.29, 1.82) is 0 Å². The van der Waals surface area contributed by atoms with Gasteiger partial charge in [0.1, 0.15) is 0 Å². The molecule has 15 heavy (non-hydrogen) atoms. The monoisotopic (exact) mass is 213 g/mol. The van der Waals surface area contributed by atoms with Crippen LogP contribution in [-0.2, 0) is 0 Å². The molecule has 82 valence electrons. The summed E-state index contributed by atoms with van der Waals surface area (Å²) in [7, 11) is 0. The van der Waals surface area contributed by atoms with Gasteiger partial charge in [0.25, 0.3) is 0 Å². The van der Waals surface area contributed by atoms with Crippen LogP contribution in [0.5, 0.6) is 0 Å². The van der Waals surface area contributed by atoms with E-state index in [0.717, 1.165) is 31.4 Å². The average molecular weight is 213 g/mol. The third kappa shape index (κ3) is 2.26. The summed E-state index contributed by atoms with van der Waals surface area (Å²) in [4.78, 5) is 0. The SMILES string of the molecule is OC1CCCC1Nc1ccc(F)c(F)c1. The Morgan fingerprint density at radius 3 is 2.60 bits per heavy atom. The summed E-state index contributed by atoms with van der Waals surface area (Å²) < 4.78 is 25.5. The Kier molecular flexibility index (Phi) is 2.86. The second-order valence-electron chi connectivity index (χ2n) is 3.88. The van der Waals surface area contributed by atoms with Gasteiger partial charge in [-0.3, -0.25) is 0 Å². The molecule has 1 saturated carbocycles. The zero-order chi connectivity index (χ0) is 10.8. The first-order chi connectivity index (χ1) is 7.16. The van der Waals surface area contributed by atoms with Crippen LogP contribution in [-0.4, -0.2) is 17.3 Å². The first kappa shape index (κ1) is 10.4. The Morgan fingerprint density at radius 1 is 1.20 bits per heavy atom. The van der Waals surface area contributed by atoms with E-state index in [9.17, 15) is 13.9 Å². The fourth-order valence-corrected chi connectivity index (χ4v) is 1.91. The fourth-order valence-electron chi connectivity index (χ4n) is 1.91. The molecule has 0 spiro atoms. The van der Waals surface area contributed by atoms with Gasteiger partial charge in [0.2, 0.25) is 0 Å². The van der Waals surface area contributed by atoms with Crippen LogP contribution in [0.25, 0.3) is 0 Å². The van der Waals surface area contributed by atoms with E-state index in [-0.39, 0.29) is 6.04 Å². The molecule has 1 fully saturated rings. The normalized spacial score (nSPS) is 25.5. The van der Waals surface area contributed by atoms with E-state index in [4.69, 9.17) is 0 Å². The van der Waals surface area contributed by atoms with Crippen LogP contribution in [0.4, 0.5) is 14.5 Å². The lowest BCUT2D eigenvalue weighted by Crippen LogP contribution is -2.27. The Labute approximate surface area is 86.9 Å². The van der Waals surface area contributed by atoms with Gasteiger partial charge in [-0.25, -0.2) is 8.78 Å². The highest BCUT2D eigenvalue weighted by Gasteiger charge is 2.24. The van der Waals surface area contributed by atoms with Crippen LogP contribution < -0.4 is 5.32 Å². The summed E-state index contributed by atoms with van der Waals surface area (Å²) in [6.45, 7) is 0. The van der Waals surface area contributed by atoms with Gasteiger partial charge >= 0.3 is 0 Å². The average Bonchev–Trinajstić information content (AvgIpc) is 2.59. The molecular formula is C11H13F2NO. The molecule has 0 radical (unpaired) electrons. The molecule has 2 unspecified atom stereocenters. The highest BCUT2D eigenvalue weighted by molar-refractivity contribution is 5.44. The minimum Gasteiger partial charge on any atom is -0.391 e. The summed E-state index contributed by atoms with van der Waals surface area (Å²) in [6.07, 6.45) is 2.20. The van der Waals surface area contributed by atoms with Crippen molar-refractivity contribution in [3.05, 3.63) is 29.8 Å². The van der Waals surface area contributed by atoms with Gasteiger partial charge in [0.15, 0.2) is 11.6 Å². The number of anilines is 1. The van der Waals surface area contributed by atoms with E-state index >= 15 is 0 Å². The Bertz CT molecular complexity index is 356. The summed E-state index contributed by atoms with van der Waals surface area (Å²) in [5, 5.41) is 12.5. The largest absolute Gasteiger partial charge is 0.391 e. The van der Waals surface area contributed by atoms with E-state index in [2.05, 4.69) is 5.32 Å². The van der Waals surface area contributed by atoms with Crippen LogP contribution >= 0.6 is 0 Å². The number of benzene rings is 1. The molecule has 2 atom stereocenters. The molecule has 1 aliphatic rings. The number of nitrogens with one attached hydrogen (secondary N) is 1. The molecule has 0 heterocycles. The van der Waals surface area contributed by atoms with E-state index in [1.807, 2.05) is 0 Å². The van der Waals surface area contributed by atoms with Crippen molar-refractivity contribution in [3.63, 3.8) is 0 Å². The van der Waals surface area contributed by atoms with Crippen molar-refractivity contribution in [2.45, 2.75) is 31.4 Å². The predicted molar refractivity (Wildman–Crippen MR) is 53.6 cm³/mol. The molecule has 0 aliphatic heterocycles. The van der Waals surface area contributed by atoms with E-state index in [0.29, 0.717) is 5.69 Å². The summed E-state index contributed by atoms with van der Waals surface area (Å²) in [5.41, 5.74) is 0.514. The lowest BCUT2D eigenvalue weighted by molar-refractivity contribution is 0.172. The minimum absolute atomic E-state index is 0.0464. The van der Waals surface area contributed by atoms with Crippen LogP contribution in [0.3, 0.4) is 0 Å². The van der Waals surface area contributed by atoms with Gasteiger partial charge in [-0.05, 0) is 31.4 Å². The van der Waals surface area contributed by atoms with E-state index < -0.39 is 17.7 Å². The topological polar surface area (TPSA) is 32.3 Å². The van der Waals surface area contributed by atoms with Gasteiger partial charge in [-0.15, -0.1) is 0 Å². The molecule has 0 aromatic heterocycles. The maximum atomic E-state index is 12.9. The second kappa shape index (κ2) is 4.14. The van der Waals surface area contributed by atoms with E-state index in [1.54, 1.807) is 0 Å². The lowest BCUT2D eigenvalue weighted by Gasteiger charge is -2.17. The molecule has 1 aromatic rings. The molecule has 1 aromatic carbocycles. The highest BCUT2D eigenvalue weighted by atomic mass is 19.2. The number of hydrogen-bond acceptors (Lipinski definition) is 2. The summed E-state index contributed by atoms with van der Waals surface area (Å²) in [5.74, 6) is -1.72. The van der Waals surface area contributed by atoms with Crippen molar-refractivity contribution >= 4 is 5.69 Å². The van der Waals surface area contributed by atoms with Crippen molar-refractivity contribution in [2.24, 2.45) is 0 Å². The molecule has 0 saturated heterocycles. The molecule has 2 N–H and O–H groups in total. The third-order valence-corrected chi connectivity index (χ3v) is 2.75. The highest BCUT2D eigenvalue weighted by Crippen LogP contribution is 2.23. The van der Waals surface area contributed by atoms with Gasteiger partial charge < -0.3 is 10.4 Å². The van der Waals surface area contributed by atoms with Gasteiger partial charge in [0.05, 0.1) is 12.1 Å². The maximum Gasteiger partial charge on any atom is 0.160 e. The molecule has 2 nitrogen and oxygen atoms in total. The number of hydrogen-bond donors (Lipinski definition) is 2. The van der Waals surface area contributed by atoms with E-state index in [1.165, 1.54) is 6.07 Å². The van der Waals surface area contributed by atoms with Gasteiger partial charge in [-0.2, -0.15) is 0 Å². The predicted octanol–water partition coefficient (Wildman–Crippen LogP) is 2.29. The zero-order valence-corrected chi connectivity index (χ0v) is 8.21. The number of aliphatic hydroxyl groups is 1. The maximum absolute atomic E-state index is 12.9. The fraction of sp³-hybridized carbons (Fsp3) is 0.455. The van der Waals surface area contributed by atoms with Crippen molar-refractivity contribution in [3.8, 4) is 0 Å². The molecular weight excluding hydrogens is 200 g/mol. The Morgan fingerprint density at radius 2 is 2.00 bits per heavy atom. The molecule has 2 rings (SSSR count). The molecule has 1 aliphatic carbocycles. The van der Waals surface area contributed by atoms with Gasteiger partial charge in [-0.1, -0.05) is 0 Å². The Balaban J connectivity index is 2.07. The minimum atomic E-state index is -0.868. The Hall–Kier alpha value is -1.16. The standard InChI is InChI=1S/C11H13F2NO/c12-8-5-4-7(6-9(8)13)14-10-2-1-3-11(10)15/h4-6,10-11,14-15H,1-3H2. The van der Waals surface area contributed by atoms with Crippen molar-refractivity contribution in [2.75, 3.05) is 5.32 Å². The summed E-state index contributed by atoms with van der Waals surface area (Å²) >= 11 is 0. The van der Waals surface area contributed by atoms with Crippen LogP contribution in [0.15, 0.2) is 18.2 Å². The summed E-state index contributed by atoms with van der Waals surface area (Å²) in [6, 6.07) is 3.62. The van der Waals surface area contributed by atoms with Gasteiger partial charge in [0, 0.05) is 11.8 Å². The first-order valence-electron chi connectivity index (χ1n) is 5.06. The second-order valence-corrected chi connectivity index (χ2v) is 3.88. The molecule has 0 amide bonds.